The first-order valence-electron chi connectivity index (χ1n) is 5.70. The van der Waals surface area contributed by atoms with E-state index in [1.54, 1.807) is 0 Å². The second-order valence-corrected chi connectivity index (χ2v) is 6.03. The molecule has 2 amide bonds. The number of carbonyl (C=O) groups excluding carboxylic acids is 1. The third kappa shape index (κ3) is 4.11. The molecule has 0 aromatic carbocycles. The van der Waals surface area contributed by atoms with Crippen molar-refractivity contribution < 1.29 is 14.7 Å². The van der Waals surface area contributed by atoms with Crippen molar-refractivity contribution in [2.24, 2.45) is 0 Å². The lowest BCUT2D eigenvalue weighted by atomic mass is 10.1. The standard InChI is InChI=1S/C11H20N2O3S/c1-11(2,9(14)15)13-10(16)12-7-4-5-8(6-7)17-3/h7-8H,4-6H2,1-3H3,(H,14,15)(H2,12,13,16). The normalized spacial score (nSPS) is 24.4. The lowest BCUT2D eigenvalue weighted by Crippen LogP contribution is -2.54. The van der Waals surface area contributed by atoms with Crippen LogP contribution in [0.25, 0.3) is 0 Å². The van der Waals surface area contributed by atoms with Gasteiger partial charge in [-0.2, -0.15) is 11.8 Å². The van der Waals surface area contributed by atoms with E-state index in [9.17, 15) is 9.59 Å². The van der Waals surface area contributed by atoms with E-state index in [-0.39, 0.29) is 6.04 Å². The van der Waals surface area contributed by atoms with Gasteiger partial charge in [-0.3, -0.25) is 0 Å². The second kappa shape index (κ2) is 5.62. The van der Waals surface area contributed by atoms with Crippen LogP contribution >= 0.6 is 11.8 Å². The van der Waals surface area contributed by atoms with Crippen LogP contribution in [0, 0.1) is 0 Å². The molecular formula is C11H20N2O3S. The molecule has 0 spiro atoms. The summed E-state index contributed by atoms with van der Waals surface area (Å²) in [4.78, 5) is 22.5. The summed E-state index contributed by atoms with van der Waals surface area (Å²) in [6, 6.07) is -0.235. The molecule has 3 N–H and O–H groups in total. The number of rotatable bonds is 4. The van der Waals surface area contributed by atoms with Crippen LogP contribution in [0.1, 0.15) is 33.1 Å². The maximum Gasteiger partial charge on any atom is 0.328 e. The lowest BCUT2D eigenvalue weighted by Gasteiger charge is -2.23. The molecule has 0 radical (unpaired) electrons. The molecular weight excluding hydrogens is 240 g/mol. The smallest absolute Gasteiger partial charge is 0.328 e. The summed E-state index contributed by atoms with van der Waals surface area (Å²) in [6.07, 6.45) is 5.10. The molecule has 2 unspecified atom stereocenters. The Morgan fingerprint density at radius 2 is 2.00 bits per heavy atom. The van der Waals surface area contributed by atoms with Crippen molar-refractivity contribution in [2.75, 3.05) is 6.26 Å². The molecule has 0 bridgehead atoms. The fourth-order valence-corrected chi connectivity index (χ4v) is 2.64. The largest absolute Gasteiger partial charge is 0.480 e. The zero-order valence-electron chi connectivity index (χ0n) is 10.4. The van der Waals surface area contributed by atoms with E-state index >= 15 is 0 Å². The lowest BCUT2D eigenvalue weighted by molar-refractivity contribution is -0.142. The van der Waals surface area contributed by atoms with Crippen molar-refractivity contribution in [1.29, 1.82) is 0 Å². The molecule has 1 aliphatic carbocycles. The fourth-order valence-electron chi connectivity index (χ4n) is 1.84. The minimum Gasteiger partial charge on any atom is -0.480 e. The first-order chi connectivity index (χ1) is 7.85. The molecule has 1 fully saturated rings. The topological polar surface area (TPSA) is 78.4 Å². The summed E-state index contributed by atoms with van der Waals surface area (Å²) in [5.41, 5.74) is -1.23. The van der Waals surface area contributed by atoms with Gasteiger partial charge in [-0.15, -0.1) is 0 Å². The second-order valence-electron chi connectivity index (χ2n) is 4.90. The third-order valence-electron chi connectivity index (χ3n) is 3.01. The van der Waals surface area contributed by atoms with E-state index < -0.39 is 17.5 Å². The van der Waals surface area contributed by atoms with Crippen LogP contribution in [0.2, 0.25) is 0 Å². The Labute approximate surface area is 106 Å². The number of hydrogen-bond donors (Lipinski definition) is 3. The van der Waals surface area contributed by atoms with Crippen LogP contribution in [-0.2, 0) is 4.79 Å². The van der Waals surface area contributed by atoms with Gasteiger partial charge in [0.25, 0.3) is 0 Å². The number of carboxylic acid groups (broad SMARTS) is 1. The van der Waals surface area contributed by atoms with Crippen LogP contribution in [-0.4, -0.2) is 40.2 Å². The third-order valence-corrected chi connectivity index (χ3v) is 4.11. The highest BCUT2D eigenvalue weighted by atomic mass is 32.2. The van der Waals surface area contributed by atoms with Gasteiger partial charge >= 0.3 is 12.0 Å². The molecule has 0 aromatic heterocycles. The minimum absolute atomic E-state index is 0.164. The van der Waals surface area contributed by atoms with Gasteiger partial charge in [0, 0.05) is 11.3 Å². The summed E-state index contributed by atoms with van der Waals surface area (Å²) in [5.74, 6) is -1.04. The molecule has 1 saturated carbocycles. The number of carboxylic acids is 1. The number of carbonyl (C=O) groups is 2. The average Bonchev–Trinajstić information content (AvgIpc) is 2.64. The Morgan fingerprint density at radius 3 is 2.47 bits per heavy atom. The van der Waals surface area contributed by atoms with Crippen LogP contribution in [0.3, 0.4) is 0 Å². The number of hydrogen-bond acceptors (Lipinski definition) is 3. The van der Waals surface area contributed by atoms with Crippen LogP contribution < -0.4 is 10.6 Å². The van der Waals surface area contributed by atoms with Crippen molar-refractivity contribution in [1.82, 2.24) is 10.6 Å². The van der Waals surface area contributed by atoms with Crippen molar-refractivity contribution in [3.63, 3.8) is 0 Å². The van der Waals surface area contributed by atoms with Crippen molar-refractivity contribution in [2.45, 2.75) is 49.9 Å². The Kier molecular flexibility index (Phi) is 4.68. The van der Waals surface area contributed by atoms with E-state index in [1.165, 1.54) is 13.8 Å². The Hall–Kier alpha value is -0.910. The highest BCUT2D eigenvalue weighted by Gasteiger charge is 2.31. The zero-order valence-corrected chi connectivity index (χ0v) is 11.3. The molecule has 1 aliphatic rings. The summed E-state index contributed by atoms with van der Waals surface area (Å²) >= 11 is 1.82. The molecule has 98 valence electrons. The molecule has 5 nitrogen and oxygen atoms in total. The maximum atomic E-state index is 11.6. The Balaban J connectivity index is 2.38. The van der Waals surface area contributed by atoms with Crippen molar-refractivity contribution >= 4 is 23.8 Å². The van der Waals surface area contributed by atoms with Crippen molar-refractivity contribution in [3.05, 3.63) is 0 Å². The zero-order chi connectivity index (χ0) is 13.1. The number of nitrogens with one attached hydrogen (secondary N) is 2. The maximum absolute atomic E-state index is 11.6. The molecule has 17 heavy (non-hydrogen) atoms. The van der Waals surface area contributed by atoms with Gasteiger partial charge in [0.05, 0.1) is 0 Å². The van der Waals surface area contributed by atoms with Crippen molar-refractivity contribution in [3.8, 4) is 0 Å². The van der Waals surface area contributed by atoms with Gasteiger partial charge in [0.1, 0.15) is 5.54 Å². The molecule has 0 aromatic rings. The monoisotopic (exact) mass is 260 g/mol. The number of thioether (sulfide) groups is 1. The van der Waals surface area contributed by atoms with Crippen LogP contribution in [0.15, 0.2) is 0 Å². The summed E-state index contributed by atoms with van der Waals surface area (Å²) in [5, 5.41) is 14.8. The molecule has 0 heterocycles. The SMILES string of the molecule is CSC1CCC(NC(=O)NC(C)(C)C(=O)O)C1. The van der Waals surface area contributed by atoms with Gasteiger partial charge in [0.15, 0.2) is 0 Å². The van der Waals surface area contributed by atoms with E-state index in [0.29, 0.717) is 5.25 Å². The van der Waals surface area contributed by atoms with E-state index in [1.807, 2.05) is 11.8 Å². The highest BCUT2D eigenvalue weighted by molar-refractivity contribution is 7.99. The van der Waals surface area contributed by atoms with E-state index in [0.717, 1.165) is 19.3 Å². The summed E-state index contributed by atoms with van der Waals surface area (Å²) in [6.45, 7) is 2.93. The molecule has 6 heteroatoms. The van der Waals surface area contributed by atoms with Gasteiger partial charge < -0.3 is 15.7 Å². The number of urea groups is 1. The highest BCUT2D eigenvalue weighted by Crippen LogP contribution is 2.28. The Morgan fingerprint density at radius 1 is 1.35 bits per heavy atom. The van der Waals surface area contributed by atoms with Gasteiger partial charge in [-0.25, -0.2) is 9.59 Å². The Bertz CT molecular complexity index is 307. The van der Waals surface area contributed by atoms with Gasteiger partial charge in [-0.05, 0) is 39.4 Å². The van der Waals surface area contributed by atoms with Gasteiger partial charge in [0.2, 0.25) is 0 Å². The molecule has 0 saturated heterocycles. The fraction of sp³-hybridized carbons (Fsp3) is 0.818. The minimum atomic E-state index is -1.23. The van der Waals surface area contributed by atoms with Crippen LogP contribution in [0.4, 0.5) is 4.79 Å². The van der Waals surface area contributed by atoms with Crippen LogP contribution in [0.5, 0.6) is 0 Å². The predicted molar refractivity (Wildman–Crippen MR) is 68.3 cm³/mol. The van der Waals surface area contributed by atoms with E-state index in [4.69, 9.17) is 5.11 Å². The summed E-state index contributed by atoms with van der Waals surface area (Å²) < 4.78 is 0. The van der Waals surface area contributed by atoms with Gasteiger partial charge in [-0.1, -0.05) is 0 Å². The average molecular weight is 260 g/mol. The first kappa shape index (κ1) is 14.2. The first-order valence-corrected chi connectivity index (χ1v) is 6.99. The number of aliphatic carboxylic acids is 1. The molecule has 2 atom stereocenters. The molecule has 1 rings (SSSR count). The quantitative estimate of drug-likeness (QED) is 0.714. The number of amides is 2. The predicted octanol–water partition coefficient (Wildman–Crippen LogP) is 1.43. The van der Waals surface area contributed by atoms with E-state index in [2.05, 4.69) is 16.9 Å². The summed E-state index contributed by atoms with van der Waals surface area (Å²) in [7, 11) is 0. The molecule has 0 aliphatic heterocycles.